The van der Waals surface area contributed by atoms with Gasteiger partial charge in [-0.3, -0.25) is 24.1 Å². The predicted octanol–water partition coefficient (Wildman–Crippen LogP) is 2.05. The van der Waals surface area contributed by atoms with Crippen molar-refractivity contribution in [1.82, 2.24) is 9.80 Å². The molecule has 2 heterocycles. The smallest absolute Gasteiger partial charge is 0.306 e. The molecule has 0 radical (unpaired) electrons. The van der Waals surface area contributed by atoms with Gasteiger partial charge in [0.25, 0.3) is 11.1 Å². The maximum atomic E-state index is 12.4. The number of piperidine rings is 1. The number of aliphatic carboxylic acids is 1. The minimum Gasteiger partial charge on any atom is -0.481 e. The minimum atomic E-state index is -0.853. The molecule has 8 heteroatoms. The Bertz CT molecular complexity index is 769. The molecule has 1 aromatic carbocycles. The van der Waals surface area contributed by atoms with Crippen LogP contribution in [0.15, 0.2) is 35.2 Å². The summed E-state index contributed by atoms with van der Waals surface area (Å²) in [4.78, 5) is 50.7. The van der Waals surface area contributed by atoms with Crippen LogP contribution in [0.5, 0.6) is 0 Å². The monoisotopic (exact) mass is 374 g/mol. The van der Waals surface area contributed by atoms with E-state index in [1.165, 1.54) is 4.90 Å². The van der Waals surface area contributed by atoms with Crippen LogP contribution in [-0.2, 0) is 14.4 Å². The second-order valence-electron chi connectivity index (χ2n) is 6.17. The molecule has 7 nitrogen and oxygen atoms in total. The lowest BCUT2D eigenvalue weighted by Crippen LogP contribution is -2.46. The number of amides is 3. The Morgan fingerprint density at radius 2 is 1.81 bits per heavy atom. The van der Waals surface area contributed by atoms with Crippen LogP contribution >= 0.6 is 11.8 Å². The van der Waals surface area contributed by atoms with Gasteiger partial charge in [-0.1, -0.05) is 30.3 Å². The van der Waals surface area contributed by atoms with Crippen molar-refractivity contribution in [2.75, 3.05) is 19.6 Å². The van der Waals surface area contributed by atoms with E-state index in [-0.39, 0.29) is 12.5 Å². The van der Waals surface area contributed by atoms with Crippen molar-refractivity contribution in [3.05, 3.63) is 40.8 Å². The van der Waals surface area contributed by atoms with Crippen LogP contribution in [-0.4, -0.2) is 57.6 Å². The summed E-state index contributed by atoms with van der Waals surface area (Å²) in [6.07, 6.45) is 2.40. The zero-order valence-corrected chi connectivity index (χ0v) is 14.8. The zero-order chi connectivity index (χ0) is 18.7. The molecule has 0 spiro atoms. The van der Waals surface area contributed by atoms with Crippen molar-refractivity contribution >= 4 is 40.9 Å². The van der Waals surface area contributed by atoms with Gasteiger partial charge in [0.15, 0.2) is 0 Å². The maximum absolute atomic E-state index is 12.4. The first-order valence-corrected chi connectivity index (χ1v) is 9.08. The van der Waals surface area contributed by atoms with E-state index in [1.54, 1.807) is 6.08 Å². The number of carboxylic acids is 1. The highest BCUT2D eigenvalue weighted by Gasteiger charge is 2.37. The number of carbonyl (C=O) groups excluding carboxylic acids is 3. The van der Waals surface area contributed by atoms with Gasteiger partial charge in [0.1, 0.15) is 6.54 Å². The zero-order valence-electron chi connectivity index (χ0n) is 14.0. The first-order chi connectivity index (χ1) is 12.5. The SMILES string of the molecule is O=C(O)C1CCN(C(=O)CN2C(=O)SC(=Cc3ccccc3)C2=O)CC1. The molecule has 3 rings (SSSR count). The fourth-order valence-electron chi connectivity index (χ4n) is 2.95. The molecule has 2 fully saturated rings. The van der Waals surface area contributed by atoms with E-state index in [1.807, 2.05) is 30.3 Å². The molecule has 1 aromatic rings. The lowest BCUT2D eigenvalue weighted by Gasteiger charge is -2.30. The van der Waals surface area contributed by atoms with Gasteiger partial charge < -0.3 is 10.0 Å². The average molecular weight is 374 g/mol. The Kier molecular flexibility index (Phi) is 5.41. The van der Waals surface area contributed by atoms with E-state index < -0.39 is 23.0 Å². The largest absolute Gasteiger partial charge is 0.481 e. The lowest BCUT2D eigenvalue weighted by atomic mass is 9.97. The highest BCUT2D eigenvalue weighted by atomic mass is 32.2. The minimum absolute atomic E-state index is 0.290. The number of carboxylic acid groups (broad SMARTS) is 1. The summed E-state index contributed by atoms with van der Waals surface area (Å²) in [6, 6.07) is 9.17. The van der Waals surface area contributed by atoms with Crippen molar-refractivity contribution in [3.63, 3.8) is 0 Å². The molecule has 0 aromatic heterocycles. The number of nitrogens with zero attached hydrogens (tertiary/aromatic N) is 2. The Hall–Kier alpha value is -2.61. The van der Waals surface area contributed by atoms with Crippen LogP contribution in [0, 0.1) is 5.92 Å². The number of benzene rings is 1. The molecule has 0 saturated carbocycles. The van der Waals surface area contributed by atoms with E-state index >= 15 is 0 Å². The van der Waals surface area contributed by atoms with Gasteiger partial charge in [0, 0.05) is 13.1 Å². The molecule has 3 amide bonds. The van der Waals surface area contributed by atoms with Crippen molar-refractivity contribution in [1.29, 1.82) is 0 Å². The molecule has 2 aliphatic heterocycles. The van der Waals surface area contributed by atoms with Gasteiger partial charge in [0.2, 0.25) is 5.91 Å². The highest BCUT2D eigenvalue weighted by molar-refractivity contribution is 8.18. The van der Waals surface area contributed by atoms with Gasteiger partial charge in [-0.05, 0) is 36.2 Å². The Morgan fingerprint density at radius 3 is 2.42 bits per heavy atom. The fourth-order valence-corrected chi connectivity index (χ4v) is 3.79. The lowest BCUT2D eigenvalue weighted by molar-refractivity contribution is -0.146. The van der Waals surface area contributed by atoms with Gasteiger partial charge in [0.05, 0.1) is 10.8 Å². The van der Waals surface area contributed by atoms with E-state index in [2.05, 4.69) is 0 Å². The average Bonchev–Trinajstić information content (AvgIpc) is 2.90. The highest BCUT2D eigenvalue weighted by Crippen LogP contribution is 2.32. The summed E-state index contributed by atoms with van der Waals surface area (Å²) < 4.78 is 0. The van der Waals surface area contributed by atoms with Crippen molar-refractivity contribution in [2.24, 2.45) is 5.92 Å². The van der Waals surface area contributed by atoms with E-state index in [9.17, 15) is 19.2 Å². The van der Waals surface area contributed by atoms with Crippen LogP contribution in [0.3, 0.4) is 0 Å². The van der Waals surface area contributed by atoms with Crippen molar-refractivity contribution in [2.45, 2.75) is 12.8 Å². The summed E-state index contributed by atoms with van der Waals surface area (Å²) in [5, 5.41) is 8.54. The fraction of sp³-hybridized carbons (Fsp3) is 0.333. The molecule has 0 aliphatic carbocycles. The number of likely N-dealkylation sites (tertiary alicyclic amines) is 1. The van der Waals surface area contributed by atoms with E-state index in [4.69, 9.17) is 5.11 Å². The number of hydrogen-bond donors (Lipinski definition) is 1. The summed E-state index contributed by atoms with van der Waals surface area (Å²) >= 11 is 0.820. The Labute approximate surface area is 154 Å². The van der Waals surface area contributed by atoms with Gasteiger partial charge in [-0.2, -0.15) is 0 Å². The van der Waals surface area contributed by atoms with Gasteiger partial charge in [-0.15, -0.1) is 0 Å². The normalized spacial score (nSPS) is 20.1. The molecule has 1 N–H and O–H groups in total. The summed E-state index contributed by atoms with van der Waals surface area (Å²) in [5.74, 6) is -2.10. The number of hydrogen-bond acceptors (Lipinski definition) is 5. The van der Waals surface area contributed by atoms with Crippen molar-refractivity contribution < 1.29 is 24.3 Å². The number of thioether (sulfide) groups is 1. The quantitative estimate of drug-likeness (QED) is 0.811. The van der Waals surface area contributed by atoms with Crippen LogP contribution in [0.2, 0.25) is 0 Å². The van der Waals surface area contributed by atoms with Crippen LogP contribution in [0.1, 0.15) is 18.4 Å². The number of carbonyl (C=O) groups is 4. The number of imide groups is 1. The standard InChI is InChI=1S/C18H18N2O5S/c21-15(19-8-6-13(7-9-19)17(23)24)11-20-16(22)14(26-18(20)25)10-12-4-2-1-3-5-12/h1-5,10,13H,6-9,11H2,(H,23,24). The van der Waals surface area contributed by atoms with E-state index in [0.717, 1.165) is 22.2 Å². The molecule has 0 bridgehead atoms. The second-order valence-corrected chi connectivity index (χ2v) is 7.17. The predicted molar refractivity (Wildman–Crippen MR) is 96.1 cm³/mol. The summed E-state index contributed by atoms with van der Waals surface area (Å²) in [5.41, 5.74) is 0.806. The molecule has 0 atom stereocenters. The van der Waals surface area contributed by atoms with Crippen LogP contribution in [0.25, 0.3) is 6.08 Å². The molecule has 2 aliphatic rings. The van der Waals surface area contributed by atoms with Crippen LogP contribution in [0.4, 0.5) is 4.79 Å². The number of rotatable bonds is 4. The van der Waals surface area contributed by atoms with Crippen molar-refractivity contribution in [3.8, 4) is 0 Å². The molecular weight excluding hydrogens is 356 g/mol. The third kappa shape index (κ3) is 3.96. The first kappa shape index (κ1) is 18.2. The molecule has 136 valence electrons. The van der Waals surface area contributed by atoms with Gasteiger partial charge in [-0.25, -0.2) is 0 Å². The Balaban J connectivity index is 1.62. The third-order valence-electron chi connectivity index (χ3n) is 4.46. The summed E-state index contributed by atoms with van der Waals surface area (Å²) in [7, 11) is 0. The summed E-state index contributed by atoms with van der Waals surface area (Å²) in [6.45, 7) is 0.340. The van der Waals surface area contributed by atoms with Crippen LogP contribution < -0.4 is 0 Å². The molecule has 2 saturated heterocycles. The molecule has 26 heavy (non-hydrogen) atoms. The van der Waals surface area contributed by atoms with E-state index in [0.29, 0.717) is 30.8 Å². The maximum Gasteiger partial charge on any atom is 0.306 e. The van der Waals surface area contributed by atoms with Gasteiger partial charge >= 0.3 is 5.97 Å². The Morgan fingerprint density at radius 1 is 1.15 bits per heavy atom. The molecular formula is C18H18N2O5S. The molecule has 0 unspecified atom stereocenters. The first-order valence-electron chi connectivity index (χ1n) is 8.26. The topological polar surface area (TPSA) is 95.0 Å². The third-order valence-corrected chi connectivity index (χ3v) is 5.37. The second kappa shape index (κ2) is 7.74.